The van der Waals surface area contributed by atoms with Crippen LogP contribution in [0.1, 0.15) is 29.8 Å². The van der Waals surface area contributed by atoms with Gasteiger partial charge in [0.15, 0.2) is 17.1 Å². The summed E-state index contributed by atoms with van der Waals surface area (Å²) in [6.45, 7) is 6.01. The maximum atomic E-state index is 12.2. The van der Waals surface area contributed by atoms with Crippen molar-refractivity contribution in [2.24, 2.45) is 0 Å². The van der Waals surface area contributed by atoms with Crippen LogP contribution < -0.4 is 10.1 Å². The average Bonchev–Trinajstić information content (AvgIpc) is 2.99. The molecule has 3 aromatic rings. The number of aromatic hydroxyl groups is 1. The summed E-state index contributed by atoms with van der Waals surface area (Å²) in [6.07, 6.45) is 2.92. The highest BCUT2D eigenvalue weighted by Crippen LogP contribution is 2.33. The van der Waals surface area contributed by atoms with E-state index in [1.165, 1.54) is 10.8 Å². The van der Waals surface area contributed by atoms with Gasteiger partial charge in [-0.05, 0) is 32.4 Å². The first kappa shape index (κ1) is 17.5. The molecule has 0 amide bonds. The fourth-order valence-electron chi connectivity index (χ4n) is 2.54. The molecule has 8 heteroatoms. The minimum Gasteiger partial charge on any atom is -0.508 e. The molecule has 3 rings (SSSR count). The Kier molecular flexibility index (Phi) is 4.92. The lowest BCUT2D eigenvalue weighted by Crippen LogP contribution is -2.06. The summed E-state index contributed by atoms with van der Waals surface area (Å²) < 4.78 is 12.3. The van der Waals surface area contributed by atoms with Gasteiger partial charge in [-0.2, -0.15) is 5.10 Å². The molecule has 136 valence electrons. The van der Waals surface area contributed by atoms with Crippen LogP contribution in [0.4, 0.5) is 11.5 Å². The number of hydrogen-bond donors (Lipinski definition) is 2. The quantitative estimate of drug-likeness (QED) is 0.655. The molecule has 8 nitrogen and oxygen atoms in total. The van der Waals surface area contributed by atoms with Crippen molar-refractivity contribution in [1.29, 1.82) is 0 Å². The molecule has 0 radical (unpaired) electrons. The SMILES string of the molecule is CCOC(=O)c1cn2ncnc(Nc3ccc(C)c(O)c3)c2c1OCC. The minimum absolute atomic E-state index is 0.174. The highest BCUT2D eigenvalue weighted by molar-refractivity contribution is 5.98. The molecule has 0 aliphatic rings. The normalized spacial score (nSPS) is 10.7. The van der Waals surface area contributed by atoms with E-state index in [4.69, 9.17) is 9.47 Å². The van der Waals surface area contributed by atoms with Gasteiger partial charge in [0.25, 0.3) is 0 Å². The molecule has 0 bridgehead atoms. The maximum Gasteiger partial charge on any atom is 0.343 e. The number of anilines is 2. The molecular weight excluding hydrogens is 336 g/mol. The number of aromatic nitrogens is 3. The van der Waals surface area contributed by atoms with E-state index in [0.717, 1.165) is 5.56 Å². The van der Waals surface area contributed by atoms with Crippen molar-refractivity contribution in [2.45, 2.75) is 20.8 Å². The van der Waals surface area contributed by atoms with Crippen molar-refractivity contribution < 1.29 is 19.4 Å². The van der Waals surface area contributed by atoms with E-state index < -0.39 is 5.97 Å². The van der Waals surface area contributed by atoms with Gasteiger partial charge in [0.1, 0.15) is 17.6 Å². The summed E-state index contributed by atoms with van der Waals surface area (Å²) in [5, 5.41) is 17.2. The van der Waals surface area contributed by atoms with E-state index in [1.807, 2.05) is 19.9 Å². The number of carbonyl (C=O) groups is 1. The van der Waals surface area contributed by atoms with Gasteiger partial charge in [-0.1, -0.05) is 6.07 Å². The van der Waals surface area contributed by atoms with Gasteiger partial charge in [-0.25, -0.2) is 14.3 Å². The smallest absolute Gasteiger partial charge is 0.343 e. The van der Waals surface area contributed by atoms with Gasteiger partial charge in [0, 0.05) is 18.0 Å². The molecular formula is C18H20N4O4. The molecule has 2 N–H and O–H groups in total. The standard InChI is InChI=1S/C18H20N4O4/c1-4-25-16-13(18(24)26-5-2)9-22-15(16)17(19-10-20-22)21-12-7-6-11(3)14(23)8-12/h6-10,23H,4-5H2,1-3H3,(H,19,20,21). The van der Waals surface area contributed by atoms with E-state index >= 15 is 0 Å². The van der Waals surface area contributed by atoms with Crippen molar-refractivity contribution >= 4 is 23.0 Å². The van der Waals surface area contributed by atoms with Gasteiger partial charge in [0.05, 0.1) is 13.2 Å². The Labute approximate surface area is 150 Å². The van der Waals surface area contributed by atoms with Gasteiger partial charge >= 0.3 is 5.97 Å². The summed E-state index contributed by atoms with van der Waals surface area (Å²) in [5.74, 6) is 0.487. The van der Waals surface area contributed by atoms with Crippen LogP contribution in [0, 0.1) is 6.92 Å². The Hall–Kier alpha value is -3.29. The Morgan fingerprint density at radius 2 is 2.12 bits per heavy atom. The number of benzene rings is 1. The Balaban J connectivity index is 2.10. The van der Waals surface area contributed by atoms with Crippen LogP contribution in [0.5, 0.6) is 11.5 Å². The second kappa shape index (κ2) is 7.30. The van der Waals surface area contributed by atoms with Gasteiger partial charge in [0.2, 0.25) is 0 Å². The number of carbonyl (C=O) groups excluding carboxylic acids is 1. The molecule has 0 saturated carbocycles. The van der Waals surface area contributed by atoms with Crippen LogP contribution in [0.3, 0.4) is 0 Å². The number of rotatable bonds is 6. The van der Waals surface area contributed by atoms with Crippen LogP contribution in [0.2, 0.25) is 0 Å². The number of nitrogens with zero attached hydrogens (tertiary/aromatic N) is 3. The lowest BCUT2D eigenvalue weighted by Gasteiger charge is -2.10. The summed E-state index contributed by atoms with van der Waals surface area (Å²) in [7, 11) is 0. The predicted octanol–water partition coefficient (Wildman–Crippen LogP) is 3.06. The molecule has 26 heavy (non-hydrogen) atoms. The third-order valence-electron chi connectivity index (χ3n) is 3.78. The largest absolute Gasteiger partial charge is 0.508 e. The summed E-state index contributed by atoms with van der Waals surface area (Å²) in [5.41, 5.74) is 2.21. The van der Waals surface area contributed by atoms with Gasteiger partial charge in [-0.3, -0.25) is 0 Å². The van der Waals surface area contributed by atoms with Crippen LogP contribution >= 0.6 is 0 Å². The Bertz CT molecular complexity index is 952. The molecule has 0 saturated heterocycles. The highest BCUT2D eigenvalue weighted by atomic mass is 16.5. The van der Waals surface area contributed by atoms with Crippen LogP contribution in [-0.2, 0) is 4.74 Å². The molecule has 0 unspecified atom stereocenters. The molecule has 1 aromatic carbocycles. The van der Waals surface area contributed by atoms with E-state index in [1.54, 1.807) is 25.3 Å². The fourth-order valence-corrected chi connectivity index (χ4v) is 2.54. The number of phenolic OH excluding ortho intramolecular Hbond substituents is 1. The summed E-state index contributed by atoms with van der Waals surface area (Å²) in [4.78, 5) is 16.5. The van der Waals surface area contributed by atoms with Crippen molar-refractivity contribution in [3.63, 3.8) is 0 Å². The molecule has 0 aliphatic heterocycles. The molecule has 0 spiro atoms. The Morgan fingerprint density at radius 3 is 2.81 bits per heavy atom. The number of nitrogens with one attached hydrogen (secondary N) is 1. The molecule has 2 aromatic heterocycles. The van der Waals surface area contributed by atoms with E-state index in [2.05, 4.69) is 15.4 Å². The zero-order chi connectivity index (χ0) is 18.7. The fraction of sp³-hybridized carbons (Fsp3) is 0.278. The predicted molar refractivity (Wildman–Crippen MR) is 96.2 cm³/mol. The molecule has 0 fully saturated rings. The average molecular weight is 356 g/mol. The van der Waals surface area contributed by atoms with Crippen molar-refractivity contribution in [2.75, 3.05) is 18.5 Å². The monoisotopic (exact) mass is 356 g/mol. The van der Waals surface area contributed by atoms with Crippen LogP contribution in [-0.4, -0.2) is 38.9 Å². The number of hydrogen-bond acceptors (Lipinski definition) is 7. The van der Waals surface area contributed by atoms with Crippen molar-refractivity contribution in [3.8, 4) is 11.5 Å². The Morgan fingerprint density at radius 1 is 1.31 bits per heavy atom. The van der Waals surface area contributed by atoms with Crippen molar-refractivity contribution in [1.82, 2.24) is 14.6 Å². The molecule has 0 aliphatic carbocycles. The molecule has 2 heterocycles. The zero-order valence-corrected chi connectivity index (χ0v) is 14.8. The third kappa shape index (κ3) is 3.26. The van der Waals surface area contributed by atoms with Crippen LogP contribution in [0.15, 0.2) is 30.7 Å². The summed E-state index contributed by atoms with van der Waals surface area (Å²) >= 11 is 0. The maximum absolute atomic E-state index is 12.2. The van der Waals surface area contributed by atoms with E-state index in [0.29, 0.717) is 29.4 Å². The number of ether oxygens (including phenoxy) is 2. The lowest BCUT2D eigenvalue weighted by atomic mass is 10.2. The first-order valence-corrected chi connectivity index (χ1v) is 8.28. The molecule has 0 atom stereocenters. The number of fused-ring (bicyclic) bond motifs is 1. The number of phenols is 1. The third-order valence-corrected chi connectivity index (χ3v) is 3.78. The van der Waals surface area contributed by atoms with Crippen molar-refractivity contribution in [3.05, 3.63) is 41.9 Å². The topological polar surface area (TPSA) is 98.0 Å². The number of aryl methyl sites for hydroxylation is 1. The summed E-state index contributed by atoms with van der Waals surface area (Å²) in [6, 6.07) is 5.22. The zero-order valence-electron chi connectivity index (χ0n) is 14.8. The van der Waals surface area contributed by atoms with Gasteiger partial charge < -0.3 is 19.9 Å². The van der Waals surface area contributed by atoms with Crippen LogP contribution in [0.25, 0.3) is 5.52 Å². The van der Waals surface area contributed by atoms with E-state index in [9.17, 15) is 9.90 Å². The lowest BCUT2D eigenvalue weighted by molar-refractivity contribution is 0.0522. The van der Waals surface area contributed by atoms with Gasteiger partial charge in [-0.15, -0.1) is 0 Å². The highest BCUT2D eigenvalue weighted by Gasteiger charge is 2.23. The minimum atomic E-state index is -0.486. The first-order valence-electron chi connectivity index (χ1n) is 8.28. The second-order valence-electron chi connectivity index (χ2n) is 5.55. The first-order chi connectivity index (χ1) is 12.5. The van der Waals surface area contributed by atoms with E-state index in [-0.39, 0.29) is 17.9 Å². The number of esters is 1. The second-order valence-corrected chi connectivity index (χ2v) is 5.55.